The maximum Gasteiger partial charge on any atom is 0.241 e. The molecule has 0 aliphatic rings. The zero-order valence-electron chi connectivity index (χ0n) is 12.2. The molecule has 1 unspecified atom stereocenters. The van der Waals surface area contributed by atoms with E-state index in [0.29, 0.717) is 5.56 Å². The van der Waals surface area contributed by atoms with Crippen LogP contribution in [0, 0.1) is 0 Å². The van der Waals surface area contributed by atoms with Crippen molar-refractivity contribution in [2.75, 3.05) is 7.11 Å². The third-order valence-electron chi connectivity index (χ3n) is 1.99. The third kappa shape index (κ3) is 4.51. The van der Waals surface area contributed by atoms with Crippen molar-refractivity contribution in [3.8, 4) is 5.75 Å². The zero-order valence-corrected chi connectivity index (χ0v) is 10.8. The van der Waals surface area contributed by atoms with Gasteiger partial charge >= 0.3 is 0 Å². The van der Waals surface area contributed by atoms with Gasteiger partial charge in [-0.25, -0.2) is 13.6 Å². The molecule has 17 heavy (non-hydrogen) atoms. The number of methoxy groups -OCH3 is 1. The van der Waals surface area contributed by atoms with Crippen LogP contribution in [0.4, 0.5) is 0 Å². The first kappa shape index (κ1) is 11.3. The first-order valence-corrected chi connectivity index (χ1v) is 6.05. The third-order valence-corrected chi connectivity index (χ3v) is 2.92. The molecule has 0 aliphatic carbocycles. The summed E-state index contributed by atoms with van der Waals surface area (Å²) in [7, 11) is -2.63. The van der Waals surface area contributed by atoms with E-state index < -0.39 is 22.9 Å². The summed E-state index contributed by atoms with van der Waals surface area (Å²) in [6.07, 6.45) is 0.0169. The van der Waals surface area contributed by atoms with E-state index in [1.165, 1.54) is 19.2 Å². The van der Waals surface area contributed by atoms with Crippen molar-refractivity contribution in [1.29, 1.82) is 0 Å². The highest BCUT2D eigenvalue weighted by Crippen LogP contribution is 2.24. The van der Waals surface area contributed by atoms with E-state index in [-0.39, 0.29) is 29.5 Å². The molecule has 5 nitrogen and oxygen atoms in total. The van der Waals surface area contributed by atoms with E-state index in [1.54, 1.807) is 6.07 Å². The van der Waals surface area contributed by atoms with Crippen molar-refractivity contribution >= 4 is 22.4 Å². The number of ether oxygens (including phenoxy) is 1. The first-order valence-electron chi connectivity index (χ1n) is 6.01. The second kappa shape index (κ2) is 6.20. The summed E-state index contributed by atoms with van der Waals surface area (Å²) < 4.78 is 49.3. The minimum absolute atomic E-state index is 0. The molecule has 0 saturated heterocycles. The van der Waals surface area contributed by atoms with Crippen molar-refractivity contribution < 1.29 is 17.3 Å². The molecule has 0 heterocycles. The maximum absolute atomic E-state index is 11.4. The van der Waals surface area contributed by atoms with Crippen LogP contribution in [0.25, 0.3) is 0 Å². The topological polar surface area (TPSA) is 95.4 Å². The number of hydrogen-bond acceptors (Lipinski definition) is 4. The van der Waals surface area contributed by atoms with Crippen LogP contribution in [0.5, 0.6) is 5.75 Å². The van der Waals surface area contributed by atoms with Gasteiger partial charge in [-0.1, -0.05) is 6.07 Å². The lowest BCUT2D eigenvalue weighted by Crippen LogP contribution is -2.19. The zero-order chi connectivity index (χ0) is 14.8. The summed E-state index contributed by atoms with van der Waals surface area (Å²) >= 11 is 0. The van der Waals surface area contributed by atoms with Gasteiger partial charge in [0.1, 0.15) is 10.6 Å². The summed E-state index contributed by atoms with van der Waals surface area (Å²) in [5, 5.41) is 5.07. The Hall–Kier alpha value is -0.820. The molecule has 0 spiro atoms. The largest absolute Gasteiger partial charge is 0.495 e. The predicted molar refractivity (Wildman–Crippen MR) is 69.0 cm³/mol. The fraction of sp³-hybridized carbons (Fsp3) is 0.400. The summed E-state index contributed by atoms with van der Waals surface area (Å²) in [6, 6.07) is 3.18. The maximum atomic E-state index is 11.4. The molecule has 1 aromatic rings. The van der Waals surface area contributed by atoms with Crippen LogP contribution in [0.1, 0.15) is 16.5 Å². The SMILES string of the molecule is Cl.[2H]C([2H])([2H])C(N)Cc1ccc(OC)c(S(N)(=O)=O)c1. The molecular weight excluding hydrogens is 264 g/mol. The smallest absolute Gasteiger partial charge is 0.241 e. The Labute approximate surface area is 112 Å². The molecule has 0 bridgehead atoms. The lowest BCUT2D eigenvalue weighted by atomic mass is 10.1. The van der Waals surface area contributed by atoms with Gasteiger partial charge in [-0.15, -0.1) is 12.4 Å². The molecule has 1 atom stereocenters. The molecule has 0 aromatic heterocycles. The van der Waals surface area contributed by atoms with Crippen molar-refractivity contribution in [2.45, 2.75) is 24.2 Å². The molecular formula is C10H17ClN2O3S. The van der Waals surface area contributed by atoms with Crippen molar-refractivity contribution in [2.24, 2.45) is 10.9 Å². The molecule has 0 fully saturated rings. The fourth-order valence-corrected chi connectivity index (χ4v) is 2.07. The van der Waals surface area contributed by atoms with Gasteiger partial charge < -0.3 is 10.5 Å². The van der Waals surface area contributed by atoms with Crippen LogP contribution < -0.4 is 15.6 Å². The van der Waals surface area contributed by atoms with Gasteiger partial charge in [0.15, 0.2) is 0 Å². The molecule has 7 heteroatoms. The highest BCUT2D eigenvalue weighted by molar-refractivity contribution is 7.89. The summed E-state index contributed by atoms with van der Waals surface area (Å²) in [4.78, 5) is -0.190. The normalized spacial score (nSPS) is 16.1. The Morgan fingerprint density at radius 2 is 2.18 bits per heavy atom. The van der Waals surface area contributed by atoms with E-state index in [1.807, 2.05) is 0 Å². The van der Waals surface area contributed by atoms with E-state index in [4.69, 9.17) is 19.7 Å². The quantitative estimate of drug-likeness (QED) is 0.848. The van der Waals surface area contributed by atoms with Gasteiger partial charge in [0.25, 0.3) is 0 Å². The standard InChI is InChI=1S/C10H16N2O3S.ClH/c1-7(11)5-8-3-4-9(15-2)10(6-8)16(12,13)14;/h3-4,6-7H,5,11H2,1-2H3,(H2,12,13,14);1H/i1D3;. The Morgan fingerprint density at radius 3 is 2.65 bits per heavy atom. The average molecular weight is 284 g/mol. The lowest BCUT2D eigenvalue weighted by Gasteiger charge is -2.10. The van der Waals surface area contributed by atoms with Gasteiger partial charge in [0.2, 0.25) is 10.0 Å². The van der Waals surface area contributed by atoms with Gasteiger partial charge in [-0.2, -0.15) is 0 Å². The average Bonchev–Trinajstić information content (AvgIpc) is 2.26. The van der Waals surface area contributed by atoms with Crippen molar-refractivity contribution in [1.82, 2.24) is 0 Å². The number of nitrogens with two attached hydrogens (primary N) is 2. The van der Waals surface area contributed by atoms with Crippen LogP contribution in [-0.2, 0) is 16.4 Å². The van der Waals surface area contributed by atoms with Crippen LogP contribution in [0.2, 0.25) is 0 Å². The Bertz CT molecular complexity index is 563. The molecule has 1 aromatic carbocycles. The second-order valence-corrected chi connectivity index (χ2v) is 4.87. The summed E-state index contributed by atoms with van der Waals surface area (Å²) in [6.45, 7) is -2.30. The molecule has 0 amide bonds. The molecule has 4 N–H and O–H groups in total. The van der Waals surface area contributed by atoms with Gasteiger partial charge in [0.05, 0.1) is 7.11 Å². The minimum Gasteiger partial charge on any atom is -0.495 e. The highest BCUT2D eigenvalue weighted by atomic mass is 35.5. The lowest BCUT2D eigenvalue weighted by molar-refractivity contribution is 0.402. The van der Waals surface area contributed by atoms with E-state index >= 15 is 0 Å². The Kier molecular flexibility index (Phi) is 4.12. The van der Waals surface area contributed by atoms with Gasteiger partial charge in [-0.3, -0.25) is 0 Å². The number of halogens is 1. The van der Waals surface area contributed by atoms with Crippen molar-refractivity contribution in [3.05, 3.63) is 23.8 Å². The van der Waals surface area contributed by atoms with E-state index in [2.05, 4.69) is 0 Å². The minimum atomic E-state index is -3.95. The monoisotopic (exact) mass is 283 g/mol. The Balaban J connectivity index is 0.00000361. The van der Waals surface area contributed by atoms with E-state index in [9.17, 15) is 8.42 Å². The first-order chi connectivity index (χ1) is 8.55. The fourth-order valence-electron chi connectivity index (χ4n) is 1.32. The number of sulfonamides is 1. The number of hydrogen-bond donors (Lipinski definition) is 2. The van der Waals surface area contributed by atoms with Gasteiger partial charge in [-0.05, 0) is 31.0 Å². The van der Waals surface area contributed by atoms with Crippen molar-refractivity contribution in [3.63, 3.8) is 0 Å². The summed E-state index contributed by atoms with van der Waals surface area (Å²) in [5.41, 5.74) is 6.00. The summed E-state index contributed by atoms with van der Waals surface area (Å²) in [5.74, 6) is 0.105. The molecule has 0 radical (unpaired) electrons. The molecule has 98 valence electrons. The molecule has 1 rings (SSSR count). The number of rotatable bonds is 4. The molecule has 0 saturated carbocycles. The Morgan fingerprint density at radius 1 is 1.53 bits per heavy atom. The molecule has 0 aliphatic heterocycles. The number of primary sulfonamides is 1. The second-order valence-electron chi connectivity index (χ2n) is 3.34. The predicted octanol–water partition coefficient (Wildman–Crippen LogP) is 0.654. The van der Waals surface area contributed by atoms with Crippen LogP contribution in [0.15, 0.2) is 23.1 Å². The van der Waals surface area contributed by atoms with Crippen LogP contribution >= 0.6 is 12.4 Å². The van der Waals surface area contributed by atoms with E-state index in [0.717, 1.165) is 0 Å². The number of benzene rings is 1. The van der Waals surface area contributed by atoms with Gasteiger partial charge in [0, 0.05) is 10.2 Å². The highest BCUT2D eigenvalue weighted by Gasteiger charge is 2.15. The van der Waals surface area contributed by atoms with Crippen LogP contribution in [0.3, 0.4) is 0 Å². The van der Waals surface area contributed by atoms with Crippen LogP contribution in [-0.4, -0.2) is 21.6 Å².